The summed E-state index contributed by atoms with van der Waals surface area (Å²) in [6.45, 7) is 7.96. The van der Waals surface area contributed by atoms with Crippen molar-refractivity contribution in [2.75, 3.05) is 20.1 Å². The van der Waals surface area contributed by atoms with Crippen molar-refractivity contribution in [1.82, 2.24) is 4.90 Å². The fourth-order valence-electron chi connectivity index (χ4n) is 2.18. The molecule has 0 aromatic heterocycles. The average Bonchev–Trinajstić information content (AvgIpc) is 1.99. The van der Waals surface area contributed by atoms with Gasteiger partial charge in [-0.3, -0.25) is 0 Å². The fraction of sp³-hybridized carbons (Fsp3) is 1.00. The normalized spacial score (nSPS) is 29.0. The SMILES string of the molecule is CC(O)C(C)(C)CN(C)CC1CC(O)C1. The Morgan fingerprint density at radius 1 is 1.40 bits per heavy atom. The third-order valence-corrected chi connectivity index (χ3v) is 3.59. The van der Waals surface area contributed by atoms with E-state index in [0.717, 1.165) is 25.9 Å². The zero-order valence-electron chi connectivity index (χ0n) is 10.4. The van der Waals surface area contributed by atoms with Crippen LogP contribution in [0.1, 0.15) is 33.6 Å². The van der Waals surface area contributed by atoms with Gasteiger partial charge in [0.05, 0.1) is 12.2 Å². The van der Waals surface area contributed by atoms with Crippen LogP contribution in [0.5, 0.6) is 0 Å². The number of rotatable bonds is 5. The molecule has 0 radical (unpaired) electrons. The van der Waals surface area contributed by atoms with E-state index in [9.17, 15) is 10.2 Å². The van der Waals surface area contributed by atoms with Crippen molar-refractivity contribution >= 4 is 0 Å². The number of nitrogens with zero attached hydrogens (tertiary/aromatic N) is 1. The summed E-state index contributed by atoms with van der Waals surface area (Å²) in [4.78, 5) is 2.27. The van der Waals surface area contributed by atoms with Crippen LogP contribution in [0.3, 0.4) is 0 Å². The minimum Gasteiger partial charge on any atom is -0.393 e. The molecule has 1 aliphatic rings. The van der Waals surface area contributed by atoms with Gasteiger partial charge in [0, 0.05) is 18.5 Å². The molecule has 1 unspecified atom stereocenters. The van der Waals surface area contributed by atoms with E-state index in [-0.39, 0.29) is 17.6 Å². The Labute approximate surface area is 93.1 Å². The lowest BCUT2D eigenvalue weighted by atomic mass is 9.81. The Morgan fingerprint density at radius 2 is 1.93 bits per heavy atom. The van der Waals surface area contributed by atoms with Crippen molar-refractivity contribution in [2.24, 2.45) is 11.3 Å². The van der Waals surface area contributed by atoms with Crippen LogP contribution in [0.25, 0.3) is 0 Å². The second-order valence-corrected chi connectivity index (χ2v) is 5.85. The highest BCUT2D eigenvalue weighted by Gasteiger charge is 2.30. The summed E-state index contributed by atoms with van der Waals surface area (Å²) >= 11 is 0. The first-order valence-corrected chi connectivity index (χ1v) is 5.86. The van der Waals surface area contributed by atoms with E-state index < -0.39 is 0 Å². The highest BCUT2D eigenvalue weighted by atomic mass is 16.3. The monoisotopic (exact) mass is 215 g/mol. The molecule has 1 atom stereocenters. The zero-order valence-corrected chi connectivity index (χ0v) is 10.4. The predicted octanol–water partition coefficient (Wildman–Crippen LogP) is 1.10. The smallest absolute Gasteiger partial charge is 0.0575 e. The van der Waals surface area contributed by atoms with Gasteiger partial charge in [-0.15, -0.1) is 0 Å². The van der Waals surface area contributed by atoms with Crippen molar-refractivity contribution in [3.8, 4) is 0 Å². The first-order valence-electron chi connectivity index (χ1n) is 5.86. The molecule has 0 aromatic rings. The number of aliphatic hydroxyl groups is 2. The van der Waals surface area contributed by atoms with Gasteiger partial charge in [0.25, 0.3) is 0 Å². The van der Waals surface area contributed by atoms with Gasteiger partial charge in [-0.25, -0.2) is 0 Å². The quantitative estimate of drug-likeness (QED) is 0.721. The molecule has 1 fully saturated rings. The van der Waals surface area contributed by atoms with Crippen LogP contribution < -0.4 is 0 Å². The third-order valence-electron chi connectivity index (χ3n) is 3.59. The highest BCUT2D eigenvalue weighted by Crippen LogP contribution is 2.29. The first kappa shape index (κ1) is 12.9. The van der Waals surface area contributed by atoms with Gasteiger partial charge < -0.3 is 15.1 Å². The summed E-state index contributed by atoms with van der Waals surface area (Å²) < 4.78 is 0. The molecule has 1 saturated carbocycles. The molecule has 0 amide bonds. The lowest BCUT2D eigenvalue weighted by molar-refractivity contribution is 0.00589. The van der Waals surface area contributed by atoms with E-state index in [1.807, 2.05) is 6.92 Å². The Kier molecular flexibility index (Phi) is 4.15. The van der Waals surface area contributed by atoms with Crippen molar-refractivity contribution in [3.05, 3.63) is 0 Å². The molecule has 3 heteroatoms. The zero-order chi connectivity index (χ0) is 11.6. The van der Waals surface area contributed by atoms with Crippen molar-refractivity contribution in [3.63, 3.8) is 0 Å². The minimum absolute atomic E-state index is 0.0584. The maximum absolute atomic E-state index is 9.61. The van der Waals surface area contributed by atoms with Gasteiger partial charge in [-0.1, -0.05) is 13.8 Å². The molecule has 15 heavy (non-hydrogen) atoms. The second kappa shape index (κ2) is 4.81. The Morgan fingerprint density at radius 3 is 2.33 bits per heavy atom. The van der Waals surface area contributed by atoms with Crippen LogP contribution in [-0.4, -0.2) is 47.5 Å². The van der Waals surface area contributed by atoms with Crippen LogP contribution >= 0.6 is 0 Å². The molecule has 2 N–H and O–H groups in total. The minimum atomic E-state index is -0.285. The summed E-state index contributed by atoms with van der Waals surface area (Å²) in [5.74, 6) is 0.648. The van der Waals surface area contributed by atoms with Gasteiger partial charge in [0.1, 0.15) is 0 Å². The number of aliphatic hydroxyl groups excluding tert-OH is 2. The molecule has 0 spiro atoms. The largest absolute Gasteiger partial charge is 0.393 e. The first-order chi connectivity index (χ1) is 6.81. The summed E-state index contributed by atoms with van der Waals surface area (Å²) in [7, 11) is 2.09. The maximum atomic E-state index is 9.61. The topological polar surface area (TPSA) is 43.7 Å². The van der Waals surface area contributed by atoms with Gasteiger partial charge >= 0.3 is 0 Å². The Balaban J connectivity index is 2.26. The molecule has 0 bridgehead atoms. The highest BCUT2D eigenvalue weighted by molar-refractivity contribution is 4.83. The van der Waals surface area contributed by atoms with Gasteiger partial charge in [-0.2, -0.15) is 0 Å². The van der Waals surface area contributed by atoms with E-state index in [4.69, 9.17) is 0 Å². The molecule has 0 saturated heterocycles. The van der Waals surface area contributed by atoms with E-state index in [1.54, 1.807) is 0 Å². The Bertz CT molecular complexity index is 198. The predicted molar refractivity (Wildman–Crippen MR) is 61.7 cm³/mol. The fourth-order valence-corrected chi connectivity index (χ4v) is 2.18. The lowest BCUT2D eigenvalue weighted by Gasteiger charge is -2.38. The molecule has 0 aliphatic heterocycles. The van der Waals surface area contributed by atoms with E-state index in [0.29, 0.717) is 5.92 Å². The number of hydrogen-bond acceptors (Lipinski definition) is 3. The molecule has 1 aliphatic carbocycles. The molecule has 0 heterocycles. The maximum Gasteiger partial charge on any atom is 0.0575 e. The van der Waals surface area contributed by atoms with Crippen LogP contribution in [0.15, 0.2) is 0 Å². The van der Waals surface area contributed by atoms with Crippen LogP contribution in [0.4, 0.5) is 0 Å². The van der Waals surface area contributed by atoms with Crippen LogP contribution in [0, 0.1) is 11.3 Å². The van der Waals surface area contributed by atoms with E-state index >= 15 is 0 Å². The number of hydrogen-bond donors (Lipinski definition) is 2. The average molecular weight is 215 g/mol. The summed E-state index contributed by atoms with van der Waals surface area (Å²) in [6.07, 6.45) is 1.54. The molecule has 0 aromatic carbocycles. The van der Waals surface area contributed by atoms with E-state index in [1.165, 1.54) is 0 Å². The van der Waals surface area contributed by atoms with Crippen LogP contribution in [0.2, 0.25) is 0 Å². The van der Waals surface area contributed by atoms with Crippen LogP contribution in [-0.2, 0) is 0 Å². The summed E-state index contributed by atoms with van der Waals surface area (Å²) in [6, 6.07) is 0. The molecule has 90 valence electrons. The standard InChI is InChI=1S/C12H25NO2/c1-9(14)12(2,3)8-13(4)7-10-5-11(15)6-10/h9-11,14-15H,5-8H2,1-4H3. The molecule has 3 nitrogen and oxygen atoms in total. The third kappa shape index (κ3) is 3.74. The summed E-state index contributed by atoms with van der Waals surface area (Å²) in [5, 5.41) is 18.8. The molecular weight excluding hydrogens is 190 g/mol. The van der Waals surface area contributed by atoms with Gasteiger partial charge in [0.2, 0.25) is 0 Å². The van der Waals surface area contributed by atoms with Gasteiger partial charge in [0.15, 0.2) is 0 Å². The second-order valence-electron chi connectivity index (χ2n) is 5.85. The summed E-state index contributed by atoms with van der Waals surface area (Å²) in [5.41, 5.74) is -0.0584. The molecule has 1 rings (SSSR count). The van der Waals surface area contributed by atoms with E-state index in [2.05, 4.69) is 25.8 Å². The van der Waals surface area contributed by atoms with Crippen molar-refractivity contribution in [1.29, 1.82) is 0 Å². The molecular formula is C12H25NO2. The van der Waals surface area contributed by atoms with Crippen molar-refractivity contribution < 1.29 is 10.2 Å². The van der Waals surface area contributed by atoms with Gasteiger partial charge in [-0.05, 0) is 32.7 Å². The van der Waals surface area contributed by atoms with Crippen molar-refractivity contribution in [2.45, 2.75) is 45.8 Å². The Hall–Kier alpha value is -0.120. The lowest BCUT2D eigenvalue weighted by Crippen LogP contribution is -2.43.